The summed E-state index contributed by atoms with van der Waals surface area (Å²) in [6, 6.07) is -0.0119. The molecule has 0 bridgehead atoms. The Morgan fingerprint density at radius 2 is 1.92 bits per heavy atom. The summed E-state index contributed by atoms with van der Waals surface area (Å²) >= 11 is 0. The minimum Gasteiger partial charge on any atom is -0.475 e. The summed E-state index contributed by atoms with van der Waals surface area (Å²) in [6.45, 7) is -0.721. The number of amides is 1. The molecule has 0 fully saturated rings. The number of anilines is 1. The van der Waals surface area contributed by atoms with Crippen LogP contribution in [0, 0.1) is 33.4 Å². The van der Waals surface area contributed by atoms with Gasteiger partial charge in [-0.25, -0.2) is 17.6 Å². The molecule has 0 atom stereocenters. The summed E-state index contributed by atoms with van der Waals surface area (Å²) in [5.41, 5.74) is -1.86. The van der Waals surface area contributed by atoms with Gasteiger partial charge in [-0.2, -0.15) is 0 Å². The molecule has 1 aromatic heterocycles. The van der Waals surface area contributed by atoms with E-state index in [9.17, 15) is 32.5 Å². The SMILES string of the molecule is COc1nn(CC(=O)Nc2c(F)c(F)cc(F)c2F)cc1[N+](=O)[O-]. The van der Waals surface area contributed by atoms with Gasteiger partial charge in [0, 0.05) is 6.07 Å². The molecule has 0 aliphatic heterocycles. The molecule has 0 radical (unpaired) electrons. The number of halogens is 4. The van der Waals surface area contributed by atoms with Crippen LogP contribution in [0.25, 0.3) is 0 Å². The predicted octanol–water partition coefficient (Wildman–Crippen LogP) is 1.99. The molecular formula is C12H8F4N4O4. The number of ether oxygens (including phenoxy) is 1. The Kier molecular flexibility index (Phi) is 4.66. The summed E-state index contributed by atoms with van der Waals surface area (Å²) in [4.78, 5) is 21.6. The first kappa shape index (κ1) is 17.2. The Morgan fingerprint density at radius 3 is 2.38 bits per heavy atom. The molecule has 0 saturated heterocycles. The van der Waals surface area contributed by atoms with Gasteiger partial charge in [-0.05, 0) is 0 Å². The minimum atomic E-state index is -1.79. The molecule has 24 heavy (non-hydrogen) atoms. The van der Waals surface area contributed by atoms with Crippen LogP contribution in [0.1, 0.15) is 0 Å². The zero-order chi connectivity index (χ0) is 18.0. The number of hydrogen-bond acceptors (Lipinski definition) is 5. The number of methoxy groups -OCH3 is 1. The van der Waals surface area contributed by atoms with E-state index in [1.807, 2.05) is 0 Å². The summed E-state index contributed by atoms with van der Waals surface area (Å²) in [5, 5.41) is 15.9. The smallest absolute Gasteiger partial charge is 0.350 e. The summed E-state index contributed by atoms with van der Waals surface area (Å²) < 4.78 is 58.4. The van der Waals surface area contributed by atoms with Gasteiger partial charge in [-0.3, -0.25) is 19.6 Å². The number of aromatic nitrogens is 2. The first-order valence-electron chi connectivity index (χ1n) is 6.13. The number of hydrogen-bond donors (Lipinski definition) is 1. The van der Waals surface area contributed by atoms with Crippen LogP contribution in [0.2, 0.25) is 0 Å². The maximum atomic E-state index is 13.4. The number of rotatable bonds is 5. The van der Waals surface area contributed by atoms with Crippen LogP contribution in [0.15, 0.2) is 12.3 Å². The predicted molar refractivity (Wildman–Crippen MR) is 70.3 cm³/mol. The molecule has 128 valence electrons. The van der Waals surface area contributed by atoms with E-state index in [1.165, 1.54) is 0 Å². The lowest BCUT2D eigenvalue weighted by Gasteiger charge is -2.08. The Bertz CT molecular complexity index is 798. The van der Waals surface area contributed by atoms with Crippen molar-refractivity contribution >= 4 is 17.3 Å². The lowest BCUT2D eigenvalue weighted by molar-refractivity contribution is -0.385. The van der Waals surface area contributed by atoms with Crippen LogP contribution < -0.4 is 10.1 Å². The molecule has 12 heteroatoms. The maximum absolute atomic E-state index is 13.4. The summed E-state index contributed by atoms with van der Waals surface area (Å²) in [5.74, 6) is -8.47. The minimum absolute atomic E-state index is 0.0119. The van der Waals surface area contributed by atoms with Crippen LogP contribution in [0.3, 0.4) is 0 Å². The average molecular weight is 348 g/mol. The lowest BCUT2D eigenvalue weighted by Crippen LogP contribution is -2.21. The van der Waals surface area contributed by atoms with Gasteiger partial charge in [0.15, 0.2) is 23.3 Å². The standard InChI is InChI=1S/C12H8F4N4O4/c1-24-12-7(20(22)23)3-19(18-12)4-8(21)17-11-9(15)5(13)2-6(14)10(11)16/h2-3H,4H2,1H3,(H,17,21). The van der Waals surface area contributed by atoms with Crippen molar-refractivity contribution in [1.29, 1.82) is 0 Å². The highest BCUT2D eigenvalue weighted by Crippen LogP contribution is 2.25. The second-order valence-corrected chi connectivity index (χ2v) is 4.37. The van der Waals surface area contributed by atoms with Crippen molar-refractivity contribution in [3.63, 3.8) is 0 Å². The van der Waals surface area contributed by atoms with E-state index in [0.717, 1.165) is 18.0 Å². The second kappa shape index (κ2) is 6.52. The molecule has 1 amide bonds. The van der Waals surface area contributed by atoms with Crippen molar-refractivity contribution < 1.29 is 32.0 Å². The number of benzene rings is 1. The third kappa shape index (κ3) is 3.26. The fourth-order valence-corrected chi connectivity index (χ4v) is 1.75. The Morgan fingerprint density at radius 1 is 1.33 bits per heavy atom. The van der Waals surface area contributed by atoms with Gasteiger partial charge in [0.05, 0.1) is 12.0 Å². The normalized spacial score (nSPS) is 10.5. The van der Waals surface area contributed by atoms with Crippen molar-refractivity contribution in [2.45, 2.75) is 6.54 Å². The van der Waals surface area contributed by atoms with Gasteiger partial charge in [0.1, 0.15) is 18.4 Å². The van der Waals surface area contributed by atoms with E-state index < -0.39 is 52.0 Å². The van der Waals surface area contributed by atoms with Crippen LogP contribution in [-0.2, 0) is 11.3 Å². The highest BCUT2D eigenvalue weighted by Gasteiger charge is 2.23. The molecule has 0 saturated carbocycles. The number of nitro groups is 1. The van der Waals surface area contributed by atoms with Crippen molar-refractivity contribution in [3.8, 4) is 5.88 Å². The Balaban J connectivity index is 2.22. The zero-order valence-electron chi connectivity index (χ0n) is 11.8. The molecule has 8 nitrogen and oxygen atoms in total. The Hall–Kier alpha value is -3.18. The molecule has 2 aromatic rings. The van der Waals surface area contributed by atoms with Crippen molar-refractivity contribution in [3.05, 3.63) is 45.6 Å². The van der Waals surface area contributed by atoms with Gasteiger partial charge >= 0.3 is 11.6 Å². The molecule has 1 N–H and O–H groups in total. The van der Waals surface area contributed by atoms with E-state index in [4.69, 9.17) is 0 Å². The van der Waals surface area contributed by atoms with Gasteiger partial charge in [0.2, 0.25) is 5.91 Å². The number of nitrogens with zero attached hydrogens (tertiary/aromatic N) is 3. The molecule has 2 rings (SSSR count). The molecule has 1 heterocycles. The molecule has 1 aromatic carbocycles. The average Bonchev–Trinajstić information content (AvgIpc) is 2.92. The lowest BCUT2D eigenvalue weighted by atomic mass is 10.2. The fourth-order valence-electron chi connectivity index (χ4n) is 1.75. The number of carbonyl (C=O) groups is 1. The third-order valence-corrected chi connectivity index (χ3v) is 2.78. The fraction of sp³-hybridized carbons (Fsp3) is 0.167. The molecular weight excluding hydrogens is 340 g/mol. The van der Waals surface area contributed by atoms with Crippen LogP contribution in [0.5, 0.6) is 5.88 Å². The second-order valence-electron chi connectivity index (χ2n) is 4.37. The van der Waals surface area contributed by atoms with Gasteiger partial charge < -0.3 is 10.1 Å². The summed E-state index contributed by atoms with van der Waals surface area (Å²) in [6.07, 6.45) is 0.845. The first-order valence-corrected chi connectivity index (χ1v) is 6.13. The van der Waals surface area contributed by atoms with E-state index in [2.05, 4.69) is 9.84 Å². The summed E-state index contributed by atoms with van der Waals surface area (Å²) in [7, 11) is 1.11. The molecule has 0 aliphatic carbocycles. The van der Waals surface area contributed by atoms with Crippen molar-refractivity contribution in [1.82, 2.24) is 9.78 Å². The molecule has 0 spiro atoms. The van der Waals surface area contributed by atoms with E-state index in [1.54, 1.807) is 5.32 Å². The van der Waals surface area contributed by atoms with E-state index in [-0.39, 0.29) is 11.9 Å². The maximum Gasteiger partial charge on any atom is 0.350 e. The topological polar surface area (TPSA) is 99.3 Å². The van der Waals surface area contributed by atoms with Gasteiger partial charge in [-0.15, -0.1) is 5.10 Å². The zero-order valence-corrected chi connectivity index (χ0v) is 11.8. The first-order chi connectivity index (χ1) is 11.2. The number of carbonyl (C=O) groups excluding carboxylic acids is 1. The number of nitrogens with one attached hydrogen (secondary N) is 1. The monoisotopic (exact) mass is 348 g/mol. The Labute approximate surface area is 130 Å². The third-order valence-electron chi connectivity index (χ3n) is 2.78. The van der Waals surface area contributed by atoms with Crippen LogP contribution in [0.4, 0.5) is 28.9 Å². The highest BCUT2D eigenvalue weighted by molar-refractivity contribution is 5.90. The van der Waals surface area contributed by atoms with Crippen molar-refractivity contribution in [2.24, 2.45) is 0 Å². The highest BCUT2D eigenvalue weighted by atomic mass is 19.2. The molecule has 0 aliphatic rings. The van der Waals surface area contributed by atoms with Gasteiger partial charge in [0.25, 0.3) is 0 Å². The van der Waals surface area contributed by atoms with Crippen LogP contribution >= 0.6 is 0 Å². The van der Waals surface area contributed by atoms with Crippen LogP contribution in [-0.4, -0.2) is 27.7 Å². The largest absolute Gasteiger partial charge is 0.475 e. The van der Waals surface area contributed by atoms with E-state index in [0.29, 0.717) is 0 Å². The quantitative estimate of drug-likeness (QED) is 0.386. The van der Waals surface area contributed by atoms with E-state index >= 15 is 0 Å². The van der Waals surface area contributed by atoms with Gasteiger partial charge in [-0.1, -0.05) is 0 Å². The molecule has 0 unspecified atom stereocenters. The van der Waals surface area contributed by atoms with Crippen molar-refractivity contribution in [2.75, 3.05) is 12.4 Å².